The lowest BCUT2D eigenvalue weighted by Crippen LogP contribution is -2.14. The first-order valence-electron chi connectivity index (χ1n) is 6.14. The average Bonchev–Trinajstić information content (AvgIpc) is 2.41. The van der Waals surface area contributed by atoms with Gasteiger partial charge in [0.25, 0.3) is 10.0 Å². The molecule has 0 fully saturated rings. The first kappa shape index (κ1) is 15.8. The molecule has 0 spiro atoms. The van der Waals surface area contributed by atoms with Crippen molar-refractivity contribution < 1.29 is 12.8 Å². The quantitative estimate of drug-likeness (QED) is 0.887. The van der Waals surface area contributed by atoms with Gasteiger partial charge in [0.05, 0.1) is 10.6 Å². The van der Waals surface area contributed by atoms with E-state index in [0.717, 1.165) is 6.07 Å². The normalized spacial score (nSPS) is 11.4. The van der Waals surface area contributed by atoms with Gasteiger partial charge in [0.1, 0.15) is 5.82 Å². The summed E-state index contributed by atoms with van der Waals surface area (Å²) in [5.41, 5.74) is 0.835. The predicted octanol–water partition coefficient (Wildman–Crippen LogP) is 3.00. The van der Waals surface area contributed by atoms with E-state index < -0.39 is 15.8 Å². The van der Waals surface area contributed by atoms with Gasteiger partial charge in [-0.05, 0) is 49.0 Å². The summed E-state index contributed by atoms with van der Waals surface area (Å²) >= 11 is 6.00. The fourth-order valence-electron chi connectivity index (χ4n) is 1.81. The Labute approximate surface area is 128 Å². The van der Waals surface area contributed by atoms with Gasteiger partial charge < -0.3 is 5.32 Å². The topological polar surface area (TPSA) is 58.2 Å². The molecule has 0 amide bonds. The number of benzene rings is 2. The highest BCUT2D eigenvalue weighted by atomic mass is 35.5. The molecule has 0 aliphatic rings. The fraction of sp³-hybridized carbons (Fsp3) is 0.143. The minimum atomic E-state index is -3.79. The van der Waals surface area contributed by atoms with Crippen LogP contribution < -0.4 is 10.0 Å². The molecule has 21 heavy (non-hydrogen) atoms. The van der Waals surface area contributed by atoms with Crippen molar-refractivity contribution in [1.29, 1.82) is 0 Å². The van der Waals surface area contributed by atoms with E-state index in [1.165, 1.54) is 36.4 Å². The van der Waals surface area contributed by atoms with E-state index in [9.17, 15) is 12.8 Å². The molecule has 0 heterocycles. The zero-order valence-corrected chi connectivity index (χ0v) is 12.8. The molecule has 0 bridgehead atoms. The van der Waals surface area contributed by atoms with Crippen LogP contribution in [0.5, 0.6) is 0 Å². The van der Waals surface area contributed by atoms with Crippen molar-refractivity contribution in [2.45, 2.75) is 11.4 Å². The van der Waals surface area contributed by atoms with Crippen molar-refractivity contribution in [2.75, 3.05) is 11.8 Å². The monoisotopic (exact) mass is 328 g/mol. The Morgan fingerprint density at radius 3 is 2.62 bits per heavy atom. The molecule has 2 rings (SSSR count). The smallest absolute Gasteiger partial charge is 0.261 e. The molecule has 0 aliphatic heterocycles. The second kappa shape index (κ2) is 6.43. The van der Waals surface area contributed by atoms with Gasteiger partial charge in [-0.1, -0.05) is 17.7 Å². The molecule has 0 saturated carbocycles. The van der Waals surface area contributed by atoms with Gasteiger partial charge in [-0.2, -0.15) is 0 Å². The molecule has 0 radical (unpaired) electrons. The Morgan fingerprint density at radius 1 is 1.19 bits per heavy atom. The van der Waals surface area contributed by atoms with E-state index in [4.69, 9.17) is 11.6 Å². The summed E-state index contributed by atoms with van der Waals surface area (Å²) < 4.78 is 40.0. The molecular formula is C14H14ClFN2O2S. The van der Waals surface area contributed by atoms with Gasteiger partial charge in [0.2, 0.25) is 0 Å². The SMILES string of the molecule is CNCc1cc(S(=O)(=O)Nc2cccc(F)c2)ccc1Cl. The summed E-state index contributed by atoms with van der Waals surface area (Å²) in [7, 11) is -2.05. The van der Waals surface area contributed by atoms with Crippen molar-refractivity contribution in [2.24, 2.45) is 0 Å². The van der Waals surface area contributed by atoms with Crippen LogP contribution in [0.4, 0.5) is 10.1 Å². The Balaban J connectivity index is 2.33. The molecule has 0 saturated heterocycles. The zero-order valence-electron chi connectivity index (χ0n) is 11.2. The molecule has 0 atom stereocenters. The van der Waals surface area contributed by atoms with Gasteiger partial charge in [0.15, 0.2) is 0 Å². The highest BCUT2D eigenvalue weighted by Crippen LogP contribution is 2.22. The summed E-state index contributed by atoms with van der Waals surface area (Å²) in [6, 6.07) is 9.68. The molecule has 2 aromatic rings. The molecular weight excluding hydrogens is 315 g/mol. The maximum absolute atomic E-state index is 13.1. The Hall–Kier alpha value is -1.63. The highest BCUT2D eigenvalue weighted by molar-refractivity contribution is 7.92. The summed E-state index contributed by atoms with van der Waals surface area (Å²) in [5, 5.41) is 3.39. The van der Waals surface area contributed by atoms with Crippen LogP contribution in [0.3, 0.4) is 0 Å². The van der Waals surface area contributed by atoms with Crippen LogP contribution in [0.25, 0.3) is 0 Å². The number of nitrogens with one attached hydrogen (secondary N) is 2. The number of rotatable bonds is 5. The lowest BCUT2D eigenvalue weighted by Gasteiger charge is -2.10. The van der Waals surface area contributed by atoms with Gasteiger partial charge in [-0.25, -0.2) is 12.8 Å². The van der Waals surface area contributed by atoms with Crippen molar-refractivity contribution in [1.82, 2.24) is 5.32 Å². The molecule has 7 heteroatoms. The van der Waals surface area contributed by atoms with Crippen molar-refractivity contribution in [3.63, 3.8) is 0 Å². The maximum atomic E-state index is 13.1. The number of hydrogen-bond donors (Lipinski definition) is 2. The molecule has 0 aromatic heterocycles. The molecule has 2 N–H and O–H groups in total. The number of anilines is 1. The second-order valence-corrected chi connectivity index (χ2v) is 6.49. The van der Waals surface area contributed by atoms with E-state index in [0.29, 0.717) is 17.1 Å². The number of sulfonamides is 1. The Kier molecular flexibility index (Phi) is 4.82. The second-order valence-electron chi connectivity index (χ2n) is 4.40. The summed E-state index contributed by atoms with van der Waals surface area (Å²) in [6.07, 6.45) is 0. The van der Waals surface area contributed by atoms with Crippen LogP contribution in [0.2, 0.25) is 5.02 Å². The van der Waals surface area contributed by atoms with Crippen LogP contribution in [0.15, 0.2) is 47.4 Å². The summed E-state index contributed by atoms with van der Waals surface area (Å²) in [4.78, 5) is 0.0708. The van der Waals surface area contributed by atoms with E-state index in [2.05, 4.69) is 10.0 Å². The van der Waals surface area contributed by atoms with E-state index in [1.54, 1.807) is 7.05 Å². The van der Waals surface area contributed by atoms with Gasteiger partial charge in [0, 0.05) is 11.6 Å². The molecule has 0 aliphatic carbocycles. The van der Waals surface area contributed by atoms with Crippen molar-refractivity contribution >= 4 is 27.3 Å². The lowest BCUT2D eigenvalue weighted by molar-refractivity contribution is 0.601. The largest absolute Gasteiger partial charge is 0.316 e. The summed E-state index contributed by atoms with van der Waals surface area (Å²) in [5.74, 6) is -0.512. The van der Waals surface area contributed by atoms with Crippen LogP contribution >= 0.6 is 11.6 Å². The highest BCUT2D eigenvalue weighted by Gasteiger charge is 2.16. The third-order valence-corrected chi connectivity index (χ3v) is 4.52. The average molecular weight is 329 g/mol. The van der Waals surface area contributed by atoms with E-state index in [1.807, 2.05) is 0 Å². The van der Waals surface area contributed by atoms with Crippen molar-refractivity contribution in [3.05, 3.63) is 58.9 Å². The maximum Gasteiger partial charge on any atom is 0.261 e. The van der Waals surface area contributed by atoms with E-state index >= 15 is 0 Å². The first-order valence-corrected chi connectivity index (χ1v) is 8.00. The van der Waals surface area contributed by atoms with Gasteiger partial charge >= 0.3 is 0 Å². The van der Waals surface area contributed by atoms with Crippen molar-refractivity contribution in [3.8, 4) is 0 Å². The molecule has 112 valence electrons. The third-order valence-electron chi connectivity index (χ3n) is 2.77. The zero-order chi connectivity index (χ0) is 15.5. The number of hydrogen-bond acceptors (Lipinski definition) is 3. The fourth-order valence-corrected chi connectivity index (χ4v) is 3.09. The molecule has 4 nitrogen and oxygen atoms in total. The minimum Gasteiger partial charge on any atom is -0.316 e. The third kappa shape index (κ3) is 3.93. The molecule has 0 unspecified atom stereocenters. The number of halogens is 2. The van der Waals surface area contributed by atoms with E-state index in [-0.39, 0.29) is 10.6 Å². The lowest BCUT2D eigenvalue weighted by atomic mass is 10.2. The van der Waals surface area contributed by atoms with Gasteiger partial charge in [-0.15, -0.1) is 0 Å². The van der Waals surface area contributed by atoms with Crippen LogP contribution in [-0.4, -0.2) is 15.5 Å². The Bertz CT molecular complexity index is 750. The minimum absolute atomic E-state index is 0.0708. The van der Waals surface area contributed by atoms with Crippen LogP contribution in [-0.2, 0) is 16.6 Å². The molecule has 2 aromatic carbocycles. The summed E-state index contributed by atoms with van der Waals surface area (Å²) in [6.45, 7) is 0.447. The Morgan fingerprint density at radius 2 is 1.95 bits per heavy atom. The first-order chi connectivity index (χ1) is 9.92. The van der Waals surface area contributed by atoms with Gasteiger partial charge in [-0.3, -0.25) is 4.72 Å². The van der Waals surface area contributed by atoms with Crippen LogP contribution in [0.1, 0.15) is 5.56 Å². The standard InChI is InChI=1S/C14H14ClFN2O2S/c1-17-9-10-7-13(5-6-14(10)15)21(19,20)18-12-4-2-3-11(16)8-12/h2-8,17-18H,9H2,1H3. The van der Waals surface area contributed by atoms with Crippen LogP contribution in [0, 0.1) is 5.82 Å². The predicted molar refractivity (Wildman–Crippen MR) is 81.4 cm³/mol.